The molecule has 6 nitrogen and oxygen atoms in total. The molecule has 0 saturated heterocycles. The van der Waals surface area contributed by atoms with Crippen molar-refractivity contribution >= 4 is 38.9 Å². The summed E-state index contributed by atoms with van der Waals surface area (Å²) in [6.07, 6.45) is 1.37. The maximum atomic E-state index is 13.2. The normalized spacial score (nSPS) is 13.4. The van der Waals surface area contributed by atoms with E-state index in [1.165, 1.54) is 16.4 Å². The number of benzene rings is 3. The third-order valence-corrected chi connectivity index (χ3v) is 7.63. The third-order valence-electron chi connectivity index (χ3n) is 5.55. The molecule has 0 unspecified atom stereocenters. The van der Waals surface area contributed by atoms with Gasteiger partial charge in [-0.25, -0.2) is 8.42 Å². The van der Waals surface area contributed by atoms with Crippen molar-refractivity contribution in [1.29, 1.82) is 0 Å². The highest BCUT2D eigenvalue weighted by Gasteiger charge is 2.30. The highest BCUT2D eigenvalue weighted by atomic mass is 35.5. The van der Waals surface area contributed by atoms with Gasteiger partial charge in [0.15, 0.2) is 0 Å². The number of methoxy groups -OCH3 is 1. The Morgan fingerprint density at radius 3 is 2.53 bits per heavy atom. The fourth-order valence-electron chi connectivity index (χ4n) is 3.81. The molecule has 1 aliphatic heterocycles. The largest absolute Gasteiger partial charge is 0.497 e. The first-order chi connectivity index (χ1) is 15.3. The molecule has 0 fully saturated rings. The van der Waals surface area contributed by atoms with Crippen LogP contribution in [-0.4, -0.2) is 35.0 Å². The molecule has 0 saturated carbocycles. The molecule has 166 valence electrons. The number of rotatable bonds is 5. The number of sulfonamides is 1. The predicted octanol–water partition coefficient (Wildman–Crippen LogP) is 4.77. The average molecular weight is 471 g/mol. The Morgan fingerprint density at radius 1 is 1.06 bits per heavy atom. The van der Waals surface area contributed by atoms with E-state index in [9.17, 15) is 13.2 Å². The van der Waals surface area contributed by atoms with Gasteiger partial charge in [0.2, 0.25) is 0 Å². The first-order valence-electron chi connectivity index (χ1n) is 10.1. The Hall–Kier alpha value is -3.03. The summed E-state index contributed by atoms with van der Waals surface area (Å²) >= 11 is 5.91. The number of hydrogen-bond donors (Lipinski definition) is 0. The Morgan fingerprint density at radius 2 is 1.81 bits per heavy atom. The molecule has 1 aliphatic rings. The minimum atomic E-state index is -3.73. The minimum absolute atomic E-state index is 0.182. The van der Waals surface area contributed by atoms with Gasteiger partial charge in [-0.1, -0.05) is 17.7 Å². The van der Waals surface area contributed by atoms with Gasteiger partial charge in [0.25, 0.3) is 15.9 Å². The number of carbonyl (C=O) groups is 1. The van der Waals surface area contributed by atoms with Gasteiger partial charge >= 0.3 is 0 Å². The van der Waals surface area contributed by atoms with E-state index < -0.39 is 10.0 Å². The highest BCUT2D eigenvalue weighted by Crippen LogP contribution is 2.33. The van der Waals surface area contributed by atoms with E-state index in [2.05, 4.69) is 0 Å². The molecule has 1 amide bonds. The van der Waals surface area contributed by atoms with E-state index in [-0.39, 0.29) is 10.8 Å². The van der Waals surface area contributed by atoms with Crippen molar-refractivity contribution in [2.45, 2.75) is 17.7 Å². The van der Waals surface area contributed by atoms with Gasteiger partial charge in [-0.15, -0.1) is 0 Å². The summed E-state index contributed by atoms with van der Waals surface area (Å²) in [6, 6.07) is 18.6. The number of nitrogens with zero attached hydrogens (tertiary/aromatic N) is 2. The molecule has 3 aromatic rings. The van der Waals surface area contributed by atoms with Crippen molar-refractivity contribution < 1.29 is 17.9 Å². The van der Waals surface area contributed by atoms with Crippen molar-refractivity contribution in [1.82, 2.24) is 0 Å². The van der Waals surface area contributed by atoms with Crippen LogP contribution in [0.25, 0.3) is 0 Å². The van der Waals surface area contributed by atoms with Crippen LogP contribution in [0.1, 0.15) is 22.3 Å². The SMILES string of the molecule is COc1cccc(N(C)C(=O)c2ccc3c(c2)CCCN3S(=O)(=O)c2ccc(Cl)cc2)c1. The molecular weight excluding hydrogens is 448 g/mol. The first kappa shape index (κ1) is 22.2. The Balaban J connectivity index is 1.64. The number of amides is 1. The number of hydrogen-bond acceptors (Lipinski definition) is 4. The van der Waals surface area contributed by atoms with Crippen LogP contribution < -0.4 is 13.9 Å². The van der Waals surface area contributed by atoms with Crippen molar-refractivity contribution in [2.24, 2.45) is 0 Å². The van der Waals surface area contributed by atoms with E-state index in [1.54, 1.807) is 55.5 Å². The van der Waals surface area contributed by atoms with E-state index in [1.807, 2.05) is 18.2 Å². The molecule has 32 heavy (non-hydrogen) atoms. The topological polar surface area (TPSA) is 66.9 Å². The van der Waals surface area contributed by atoms with Crippen molar-refractivity contribution in [3.63, 3.8) is 0 Å². The predicted molar refractivity (Wildman–Crippen MR) is 126 cm³/mol. The van der Waals surface area contributed by atoms with Crippen LogP contribution in [0.15, 0.2) is 71.6 Å². The zero-order valence-electron chi connectivity index (χ0n) is 17.8. The van der Waals surface area contributed by atoms with Gasteiger partial charge in [-0.2, -0.15) is 0 Å². The van der Waals surface area contributed by atoms with Crippen LogP contribution >= 0.6 is 11.6 Å². The lowest BCUT2D eigenvalue weighted by atomic mass is 10.00. The number of anilines is 2. The second kappa shape index (κ2) is 8.84. The fourth-order valence-corrected chi connectivity index (χ4v) is 5.48. The van der Waals surface area contributed by atoms with Crippen LogP contribution in [0, 0.1) is 0 Å². The number of carbonyl (C=O) groups excluding carboxylic acids is 1. The van der Waals surface area contributed by atoms with Crippen molar-refractivity contribution in [2.75, 3.05) is 29.9 Å². The van der Waals surface area contributed by atoms with Gasteiger partial charge < -0.3 is 9.64 Å². The fraction of sp³-hybridized carbons (Fsp3) is 0.208. The van der Waals surface area contributed by atoms with Crippen molar-refractivity contribution in [3.05, 3.63) is 82.9 Å². The molecule has 0 atom stereocenters. The zero-order chi connectivity index (χ0) is 22.9. The molecule has 1 heterocycles. The van der Waals surface area contributed by atoms with Gasteiger partial charge in [0.1, 0.15) is 5.75 Å². The Kier molecular flexibility index (Phi) is 6.13. The summed E-state index contributed by atoms with van der Waals surface area (Å²) in [7, 11) is -0.447. The molecule has 0 radical (unpaired) electrons. The first-order valence-corrected chi connectivity index (χ1v) is 12.0. The molecule has 0 spiro atoms. The summed E-state index contributed by atoms with van der Waals surface area (Å²) in [5.74, 6) is 0.481. The van der Waals surface area contributed by atoms with Gasteiger partial charge in [-0.05, 0) is 73.0 Å². The van der Waals surface area contributed by atoms with Gasteiger partial charge in [-0.3, -0.25) is 9.10 Å². The zero-order valence-corrected chi connectivity index (χ0v) is 19.4. The second-order valence-electron chi connectivity index (χ2n) is 7.54. The standard InChI is InChI=1S/C24H23ClN2O4S/c1-26(20-6-3-7-21(16-20)31-2)24(28)18-8-13-23-17(15-18)5-4-14-27(23)32(29,30)22-11-9-19(25)10-12-22/h3,6-13,15-16H,4-5,14H2,1-2H3. The van der Waals surface area contributed by atoms with Gasteiger partial charge in [0.05, 0.1) is 17.7 Å². The number of aryl methyl sites for hydroxylation is 1. The maximum absolute atomic E-state index is 13.2. The lowest BCUT2D eigenvalue weighted by Crippen LogP contribution is -2.35. The van der Waals surface area contributed by atoms with Gasteiger partial charge in [0, 0.05) is 35.9 Å². The van der Waals surface area contributed by atoms with E-state index in [0.717, 1.165) is 5.56 Å². The highest BCUT2D eigenvalue weighted by molar-refractivity contribution is 7.92. The number of ether oxygens (including phenoxy) is 1. The average Bonchev–Trinajstić information content (AvgIpc) is 2.82. The molecule has 8 heteroatoms. The summed E-state index contributed by atoms with van der Waals surface area (Å²) in [4.78, 5) is 14.8. The Bertz CT molecular complexity index is 1260. The third kappa shape index (κ3) is 4.18. The number of halogens is 1. The van der Waals surface area contributed by atoms with E-state index in [4.69, 9.17) is 16.3 Å². The van der Waals surface area contributed by atoms with Crippen LogP contribution in [-0.2, 0) is 16.4 Å². The van der Waals surface area contributed by atoms with E-state index in [0.29, 0.717) is 47.1 Å². The molecule has 4 rings (SSSR count). The molecule has 0 aliphatic carbocycles. The smallest absolute Gasteiger partial charge is 0.264 e. The summed E-state index contributed by atoms with van der Waals surface area (Å²) in [6.45, 7) is 0.384. The number of fused-ring (bicyclic) bond motifs is 1. The van der Waals surface area contributed by atoms with Crippen molar-refractivity contribution in [3.8, 4) is 5.75 Å². The summed E-state index contributed by atoms with van der Waals surface area (Å²) < 4.78 is 33.1. The lowest BCUT2D eigenvalue weighted by molar-refractivity contribution is 0.0993. The molecular formula is C24H23ClN2O4S. The maximum Gasteiger partial charge on any atom is 0.264 e. The molecule has 0 bridgehead atoms. The lowest BCUT2D eigenvalue weighted by Gasteiger charge is -2.31. The van der Waals surface area contributed by atoms with E-state index >= 15 is 0 Å². The molecule has 3 aromatic carbocycles. The monoisotopic (exact) mass is 470 g/mol. The quantitative estimate of drug-likeness (QED) is 0.539. The van der Waals surface area contributed by atoms with Crippen LogP contribution in [0.4, 0.5) is 11.4 Å². The van der Waals surface area contributed by atoms with Crippen LogP contribution in [0.2, 0.25) is 5.02 Å². The summed E-state index contributed by atoms with van der Waals surface area (Å²) in [5, 5.41) is 0.478. The second-order valence-corrected chi connectivity index (χ2v) is 9.84. The van der Waals surface area contributed by atoms with Crippen LogP contribution in [0.3, 0.4) is 0 Å². The summed E-state index contributed by atoms with van der Waals surface area (Å²) in [5.41, 5.74) is 2.64. The molecule has 0 aromatic heterocycles. The minimum Gasteiger partial charge on any atom is -0.497 e. The van der Waals surface area contributed by atoms with Crippen LogP contribution in [0.5, 0.6) is 5.75 Å². The Labute approximate surface area is 193 Å². The molecule has 0 N–H and O–H groups in total.